The lowest BCUT2D eigenvalue weighted by Gasteiger charge is -2.12. The van der Waals surface area contributed by atoms with Crippen molar-refractivity contribution in [2.24, 2.45) is 5.92 Å². The van der Waals surface area contributed by atoms with E-state index in [1.165, 1.54) is 21.3 Å². The van der Waals surface area contributed by atoms with Gasteiger partial charge in [-0.3, -0.25) is 0 Å². The summed E-state index contributed by atoms with van der Waals surface area (Å²) in [4.78, 5) is 11.5. The maximum atomic E-state index is 11.5. The van der Waals surface area contributed by atoms with Crippen LogP contribution in [0.1, 0.15) is 26.7 Å². The Morgan fingerprint density at radius 3 is 2.12 bits per heavy atom. The second kappa shape index (κ2) is 8.30. The second-order valence-electron chi connectivity index (χ2n) is 3.96. The number of rotatable bonds is 7. The number of carbonyl (C=O) groups excluding carboxylic acids is 1. The van der Waals surface area contributed by atoms with E-state index in [4.69, 9.17) is 14.2 Å². The third-order valence-electron chi connectivity index (χ3n) is 2.24. The predicted octanol–water partition coefficient (Wildman–Crippen LogP) is 2.14. The minimum absolute atomic E-state index is 0.320. The first-order valence-electron chi connectivity index (χ1n) is 5.39. The molecule has 94 valence electrons. The van der Waals surface area contributed by atoms with E-state index in [0.717, 1.165) is 6.42 Å². The molecule has 0 N–H and O–H groups in total. The number of carbonyl (C=O) groups is 1. The van der Waals surface area contributed by atoms with Gasteiger partial charge in [0.2, 0.25) is 0 Å². The highest BCUT2D eigenvalue weighted by Crippen LogP contribution is 2.14. The third-order valence-corrected chi connectivity index (χ3v) is 2.24. The van der Waals surface area contributed by atoms with Crippen molar-refractivity contribution in [2.75, 3.05) is 21.3 Å². The normalized spacial score (nSPS) is 12.3. The largest absolute Gasteiger partial charge is 0.466 e. The van der Waals surface area contributed by atoms with Crippen LogP contribution in [-0.4, -0.2) is 33.6 Å². The van der Waals surface area contributed by atoms with E-state index in [1.807, 2.05) is 0 Å². The molecule has 0 aromatic carbocycles. The van der Waals surface area contributed by atoms with E-state index < -0.39 is 6.29 Å². The molecule has 0 fully saturated rings. The zero-order valence-electron chi connectivity index (χ0n) is 10.8. The van der Waals surface area contributed by atoms with Crippen LogP contribution in [0.2, 0.25) is 0 Å². The minimum Gasteiger partial charge on any atom is -0.466 e. The molecule has 0 atom stereocenters. The molecule has 0 heterocycles. The quantitative estimate of drug-likeness (QED) is 0.382. The van der Waals surface area contributed by atoms with E-state index in [0.29, 0.717) is 17.9 Å². The van der Waals surface area contributed by atoms with Crippen molar-refractivity contribution >= 4 is 5.97 Å². The molecular formula is C12H22O4. The van der Waals surface area contributed by atoms with Crippen molar-refractivity contribution in [3.63, 3.8) is 0 Å². The van der Waals surface area contributed by atoms with Gasteiger partial charge in [0.1, 0.15) is 0 Å². The number of esters is 1. The summed E-state index contributed by atoms with van der Waals surface area (Å²) in [6.07, 6.45) is 2.77. The molecule has 0 spiro atoms. The van der Waals surface area contributed by atoms with Crippen LogP contribution in [0.5, 0.6) is 0 Å². The van der Waals surface area contributed by atoms with E-state index >= 15 is 0 Å². The van der Waals surface area contributed by atoms with E-state index in [-0.39, 0.29) is 5.97 Å². The van der Waals surface area contributed by atoms with Crippen LogP contribution in [0, 0.1) is 5.92 Å². The van der Waals surface area contributed by atoms with Crippen molar-refractivity contribution in [1.82, 2.24) is 0 Å². The summed E-state index contributed by atoms with van der Waals surface area (Å²) < 4.78 is 14.8. The Morgan fingerprint density at radius 1 is 1.19 bits per heavy atom. The Hall–Kier alpha value is -0.870. The summed E-state index contributed by atoms with van der Waals surface area (Å²) in [6.45, 7) is 4.22. The van der Waals surface area contributed by atoms with Gasteiger partial charge in [-0.1, -0.05) is 13.8 Å². The van der Waals surface area contributed by atoms with Gasteiger partial charge in [-0.15, -0.1) is 0 Å². The van der Waals surface area contributed by atoms with E-state index in [9.17, 15) is 4.79 Å². The summed E-state index contributed by atoms with van der Waals surface area (Å²) >= 11 is 0. The molecule has 0 unspecified atom stereocenters. The van der Waals surface area contributed by atoms with E-state index in [2.05, 4.69) is 13.8 Å². The van der Waals surface area contributed by atoms with Gasteiger partial charge in [0.15, 0.2) is 6.29 Å². The second-order valence-corrected chi connectivity index (χ2v) is 3.96. The van der Waals surface area contributed by atoms with Gasteiger partial charge in [0.25, 0.3) is 0 Å². The summed E-state index contributed by atoms with van der Waals surface area (Å²) in [7, 11) is 4.43. The highest BCUT2D eigenvalue weighted by atomic mass is 16.7. The van der Waals surface area contributed by atoms with Gasteiger partial charge in [-0.25, -0.2) is 4.79 Å². The molecule has 4 nitrogen and oxygen atoms in total. The molecule has 0 aromatic rings. The van der Waals surface area contributed by atoms with Gasteiger partial charge in [0.05, 0.1) is 7.11 Å². The van der Waals surface area contributed by atoms with Crippen LogP contribution in [-0.2, 0) is 19.0 Å². The molecule has 0 saturated carbocycles. The zero-order chi connectivity index (χ0) is 12.6. The molecule has 0 aliphatic rings. The van der Waals surface area contributed by atoms with Crippen LogP contribution in [0.3, 0.4) is 0 Å². The Morgan fingerprint density at radius 2 is 1.75 bits per heavy atom. The highest BCUT2D eigenvalue weighted by Gasteiger charge is 2.13. The minimum atomic E-state index is -0.499. The Bertz CT molecular complexity index is 229. The summed E-state index contributed by atoms with van der Waals surface area (Å²) in [5, 5.41) is 0. The Balaban J connectivity index is 4.58. The third kappa shape index (κ3) is 5.88. The topological polar surface area (TPSA) is 44.8 Å². The lowest BCUT2D eigenvalue weighted by molar-refractivity contribution is -0.136. The summed E-state index contributed by atoms with van der Waals surface area (Å²) in [6, 6.07) is 0. The fourth-order valence-electron chi connectivity index (χ4n) is 1.23. The van der Waals surface area contributed by atoms with Gasteiger partial charge in [0, 0.05) is 19.8 Å². The maximum Gasteiger partial charge on any atom is 0.333 e. The van der Waals surface area contributed by atoms with Crippen molar-refractivity contribution in [3.05, 3.63) is 11.6 Å². The molecule has 16 heavy (non-hydrogen) atoms. The first-order valence-corrected chi connectivity index (χ1v) is 5.39. The lowest BCUT2D eigenvalue weighted by Crippen LogP contribution is -2.14. The van der Waals surface area contributed by atoms with Gasteiger partial charge >= 0.3 is 5.97 Å². The SMILES string of the molecule is COC(=O)C(=CC(OC)OC)CCC(C)C. The molecule has 0 radical (unpaired) electrons. The number of methoxy groups -OCH3 is 3. The molecular weight excluding hydrogens is 208 g/mol. The number of ether oxygens (including phenoxy) is 3. The van der Waals surface area contributed by atoms with Crippen LogP contribution in [0.4, 0.5) is 0 Å². The predicted molar refractivity (Wildman–Crippen MR) is 62.0 cm³/mol. The molecule has 0 amide bonds. The smallest absolute Gasteiger partial charge is 0.333 e. The van der Waals surface area contributed by atoms with Crippen LogP contribution >= 0.6 is 0 Å². The molecule has 4 heteroatoms. The van der Waals surface area contributed by atoms with Crippen LogP contribution < -0.4 is 0 Å². The summed E-state index contributed by atoms with van der Waals surface area (Å²) in [5.41, 5.74) is 0.602. The van der Waals surface area contributed by atoms with Gasteiger partial charge < -0.3 is 14.2 Å². The van der Waals surface area contributed by atoms with Crippen molar-refractivity contribution in [1.29, 1.82) is 0 Å². The molecule has 0 rings (SSSR count). The molecule has 0 aromatic heterocycles. The lowest BCUT2D eigenvalue weighted by atomic mass is 10.0. The van der Waals surface area contributed by atoms with E-state index in [1.54, 1.807) is 6.08 Å². The van der Waals surface area contributed by atoms with Crippen LogP contribution in [0.15, 0.2) is 11.6 Å². The maximum absolute atomic E-state index is 11.5. The molecule has 0 bridgehead atoms. The average Bonchev–Trinajstić information content (AvgIpc) is 2.28. The Kier molecular flexibility index (Phi) is 7.85. The molecule has 0 saturated heterocycles. The first kappa shape index (κ1) is 15.1. The first-order chi connectivity index (χ1) is 7.54. The van der Waals surface area contributed by atoms with Gasteiger partial charge in [-0.2, -0.15) is 0 Å². The zero-order valence-corrected chi connectivity index (χ0v) is 10.8. The average molecular weight is 230 g/mol. The molecule has 0 aliphatic carbocycles. The van der Waals surface area contributed by atoms with Crippen molar-refractivity contribution in [3.8, 4) is 0 Å². The highest BCUT2D eigenvalue weighted by molar-refractivity contribution is 5.88. The van der Waals surface area contributed by atoms with Crippen LogP contribution in [0.25, 0.3) is 0 Å². The monoisotopic (exact) mass is 230 g/mol. The van der Waals surface area contributed by atoms with Crippen molar-refractivity contribution < 1.29 is 19.0 Å². The molecule has 0 aliphatic heterocycles. The standard InChI is InChI=1S/C12H22O4/c1-9(2)6-7-10(12(13)16-5)8-11(14-3)15-4/h8-9,11H,6-7H2,1-5H3. The fourth-order valence-corrected chi connectivity index (χ4v) is 1.23. The van der Waals surface area contributed by atoms with Crippen molar-refractivity contribution in [2.45, 2.75) is 33.0 Å². The fraction of sp³-hybridized carbons (Fsp3) is 0.750. The number of hydrogen-bond acceptors (Lipinski definition) is 4. The Labute approximate surface area is 97.6 Å². The van der Waals surface area contributed by atoms with Gasteiger partial charge in [-0.05, 0) is 24.8 Å². The summed E-state index contributed by atoms with van der Waals surface area (Å²) in [5.74, 6) is 0.219. The number of hydrogen-bond donors (Lipinski definition) is 0.